The Morgan fingerprint density at radius 3 is 2.48 bits per heavy atom. The molecule has 0 aliphatic rings. The van der Waals surface area contributed by atoms with Crippen LogP contribution in [0.15, 0.2) is 18.2 Å². The summed E-state index contributed by atoms with van der Waals surface area (Å²) in [6.45, 7) is 11.5. The highest BCUT2D eigenvalue weighted by atomic mass is 35.5. The monoisotopic (exact) mass is 308 g/mol. The molecule has 1 atom stereocenters. The zero-order chi connectivity index (χ0) is 15.8. The maximum atomic E-state index is 6.48. The molecule has 21 heavy (non-hydrogen) atoms. The van der Waals surface area contributed by atoms with Gasteiger partial charge in [-0.3, -0.25) is 0 Å². The highest BCUT2D eigenvalue weighted by molar-refractivity contribution is 6.32. The molecular weight excluding hydrogens is 280 g/mol. The van der Waals surface area contributed by atoms with Gasteiger partial charge in [-0.25, -0.2) is 0 Å². The third-order valence-corrected chi connectivity index (χ3v) is 4.46. The summed E-state index contributed by atoms with van der Waals surface area (Å²) in [6.07, 6.45) is 8.77. The van der Waals surface area contributed by atoms with E-state index in [1.807, 2.05) is 0 Å². The molecule has 0 spiro atoms. The van der Waals surface area contributed by atoms with E-state index in [0.717, 1.165) is 48.6 Å². The van der Waals surface area contributed by atoms with Gasteiger partial charge in [0, 0.05) is 10.6 Å². The van der Waals surface area contributed by atoms with Gasteiger partial charge >= 0.3 is 0 Å². The number of allylic oxidation sites excluding steroid dienone is 2. The molecule has 0 radical (unpaired) electrons. The molecule has 0 aliphatic heterocycles. The zero-order valence-electron chi connectivity index (χ0n) is 14.1. The fourth-order valence-corrected chi connectivity index (χ4v) is 2.85. The third-order valence-electron chi connectivity index (χ3n) is 3.88. The summed E-state index contributed by atoms with van der Waals surface area (Å²) < 4.78 is 6.01. The molecule has 0 bridgehead atoms. The fourth-order valence-electron chi connectivity index (χ4n) is 2.69. The maximum Gasteiger partial charge on any atom is 0.123 e. The minimum absolute atomic E-state index is 0.470. The number of hydrogen-bond acceptors (Lipinski definition) is 1. The summed E-state index contributed by atoms with van der Waals surface area (Å²) in [6, 6.07) is 2.10. The Kier molecular flexibility index (Phi) is 7.88. The van der Waals surface area contributed by atoms with Crippen molar-refractivity contribution in [2.24, 2.45) is 0 Å². The summed E-state index contributed by atoms with van der Waals surface area (Å²) in [7, 11) is 0. The first-order chi connectivity index (χ1) is 10.1. The van der Waals surface area contributed by atoms with Crippen LogP contribution in [0.2, 0.25) is 5.02 Å². The first-order valence-corrected chi connectivity index (χ1v) is 8.51. The largest absolute Gasteiger partial charge is 0.493 e. The molecule has 0 aliphatic carbocycles. The van der Waals surface area contributed by atoms with Crippen LogP contribution in [0.1, 0.15) is 69.1 Å². The molecule has 1 nitrogen and oxygen atoms in total. The van der Waals surface area contributed by atoms with Crippen LogP contribution in [0.4, 0.5) is 0 Å². The lowest BCUT2D eigenvalue weighted by atomic mass is 9.88. The summed E-state index contributed by atoms with van der Waals surface area (Å²) in [4.78, 5) is 0. The van der Waals surface area contributed by atoms with E-state index in [2.05, 4.69) is 52.8 Å². The van der Waals surface area contributed by atoms with Crippen molar-refractivity contribution in [3.8, 4) is 5.75 Å². The smallest absolute Gasteiger partial charge is 0.123 e. The van der Waals surface area contributed by atoms with Gasteiger partial charge in [-0.15, -0.1) is 0 Å². The average Bonchev–Trinajstić information content (AvgIpc) is 2.48. The standard InChI is InChI=1S/C19H29ClO/c1-6-9-10-11-16(8-3)18-15(5)19(20)14(4)13-17(18)21-12-7-2/h9-10,13,16H,6-8,11-12H2,1-5H3/b10-9-. The SMILES string of the molecule is CC/C=C\CC(CC)c1c(OCCC)cc(C)c(Cl)c1C. The van der Waals surface area contributed by atoms with Crippen LogP contribution in [0.5, 0.6) is 5.75 Å². The molecule has 0 saturated heterocycles. The molecule has 1 unspecified atom stereocenters. The predicted molar refractivity (Wildman–Crippen MR) is 93.8 cm³/mol. The van der Waals surface area contributed by atoms with Crippen molar-refractivity contribution >= 4 is 11.6 Å². The second kappa shape index (κ2) is 9.15. The molecule has 0 amide bonds. The summed E-state index contributed by atoms with van der Waals surface area (Å²) in [5.74, 6) is 1.49. The van der Waals surface area contributed by atoms with E-state index in [1.165, 1.54) is 11.1 Å². The summed E-state index contributed by atoms with van der Waals surface area (Å²) in [5.41, 5.74) is 3.57. The number of rotatable bonds is 8. The predicted octanol–water partition coefficient (Wildman–Crippen LogP) is 6.60. The lowest BCUT2D eigenvalue weighted by Gasteiger charge is -2.22. The van der Waals surface area contributed by atoms with Gasteiger partial charge in [0.05, 0.1) is 6.61 Å². The van der Waals surface area contributed by atoms with Crippen LogP contribution in [0, 0.1) is 13.8 Å². The van der Waals surface area contributed by atoms with E-state index in [9.17, 15) is 0 Å². The molecule has 0 aromatic heterocycles. The quantitative estimate of drug-likeness (QED) is 0.492. The molecule has 0 N–H and O–H groups in total. The first kappa shape index (κ1) is 18.1. The number of ether oxygens (including phenoxy) is 1. The number of benzene rings is 1. The normalized spacial score (nSPS) is 12.9. The van der Waals surface area contributed by atoms with Crippen molar-refractivity contribution in [2.45, 2.75) is 66.2 Å². The van der Waals surface area contributed by atoms with Crippen LogP contribution < -0.4 is 4.74 Å². The van der Waals surface area contributed by atoms with E-state index in [-0.39, 0.29) is 0 Å². The molecule has 2 heteroatoms. The van der Waals surface area contributed by atoms with Crippen LogP contribution >= 0.6 is 11.6 Å². The van der Waals surface area contributed by atoms with E-state index in [4.69, 9.17) is 16.3 Å². The van der Waals surface area contributed by atoms with Crippen LogP contribution in [0.3, 0.4) is 0 Å². The van der Waals surface area contributed by atoms with E-state index >= 15 is 0 Å². The highest BCUT2D eigenvalue weighted by Gasteiger charge is 2.19. The number of aryl methyl sites for hydroxylation is 1. The van der Waals surface area contributed by atoms with Gasteiger partial charge in [-0.1, -0.05) is 44.5 Å². The Morgan fingerprint density at radius 2 is 1.90 bits per heavy atom. The topological polar surface area (TPSA) is 9.23 Å². The van der Waals surface area contributed by atoms with Gasteiger partial charge in [-0.05, 0) is 62.6 Å². The van der Waals surface area contributed by atoms with Gasteiger partial charge in [0.15, 0.2) is 0 Å². The second-order valence-corrected chi connectivity index (χ2v) is 5.99. The maximum absolute atomic E-state index is 6.48. The molecule has 1 rings (SSSR count). The Bertz CT molecular complexity index is 477. The van der Waals surface area contributed by atoms with Crippen molar-refractivity contribution < 1.29 is 4.74 Å². The molecule has 0 heterocycles. The molecular formula is C19H29ClO. The molecule has 118 valence electrons. The fraction of sp³-hybridized carbons (Fsp3) is 0.579. The van der Waals surface area contributed by atoms with E-state index in [1.54, 1.807) is 0 Å². The third kappa shape index (κ3) is 4.78. The first-order valence-electron chi connectivity index (χ1n) is 8.14. The highest BCUT2D eigenvalue weighted by Crippen LogP contribution is 2.39. The minimum atomic E-state index is 0.470. The van der Waals surface area contributed by atoms with Crippen LogP contribution in [0.25, 0.3) is 0 Å². The van der Waals surface area contributed by atoms with Crippen molar-refractivity contribution in [3.63, 3.8) is 0 Å². The molecule has 1 aromatic rings. The Balaban J connectivity index is 3.21. The number of hydrogen-bond donors (Lipinski definition) is 0. The molecule has 0 saturated carbocycles. The molecule has 0 fully saturated rings. The Morgan fingerprint density at radius 1 is 1.19 bits per heavy atom. The number of halogens is 1. The van der Waals surface area contributed by atoms with Crippen molar-refractivity contribution in [2.75, 3.05) is 6.61 Å². The van der Waals surface area contributed by atoms with Gasteiger partial charge < -0.3 is 4.74 Å². The lowest BCUT2D eigenvalue weighted by Crippen LogP contribution is -2.07. The summed E-state index contributed by atoms with van der Waals surface area (Å²) in [5, 5.41) is 0.881. The van der Waals surface area contributed by atoms with E-state index < -0.39 is 0 Å². The average molecular weight is 309 g/mol. The summed E-state index contributed by atoms with van der Waals surface area (Å²) >= 11 is 6.48. The van der Waals surface area contributed by atoms with Crippen molar-refractivity contribution in [3.05, 3.63) is 39.9 Å². The van der Waals surface area contributed by atoms with Crippen molar-refractivity contribution in [1.82, 2.24) is 0 Å². The Labute approximate surface area is 135 Å². The Hall–Kier alpha value is -0.950. The van der Waals surface area contributed by atoms with Gasteiger partial charge in [-0.2, -0.15) is 0 Å². The molecule has 1 aromatic carbocycles. The zero-order valence-corrected chi connectivity index (χ0v) is 14.9. The van der Waals surface area contributed by atoms with Gasteiger partial charge in [0.25, 0.3) is 0 Å². The van der Waals surface area contributed by atoms with Crippen LogP contribution in [-0.4, -0.2) is 6.61 Å². The van der Waals surface area contributed by atoms with Crippen molar-refractivity contribution in [1.29, 1.82) is 0 Å². The van der Waals surface area contributed by atoms with Gasteiger partial charge in [0.2, 0.25) is 0 Å². The van der Waals surface area contributed by atoms with E-state index in [0.29, 0.717) is 5.92 Å². The minimum Gasteiger partial charge on any atom is -0.493 e. The van der Waals surface area contributed by atoms with Crippen LogP contribution in [-0.2, 0) is 0 Å². The van der Waals surface area contributed by atoms with Gasteiger partial charge in [0.1, 0.15) is 5.75 Å². The lowest BCUT2D eigenvalue weighted by molar-refractivity contribution is 0.311. The second-order valence-electron chi connectivity index (χ2n) is 5.61.